The van der Waals surface area contributed by atoms with Gasteiger partial charge in [-0.2, -0.15) is 0 Å². The summed E-state index contributed by atoms with van der Waals surface area (Å²) in [7, 11) is 0. The maximum absolute atomic E-state index is 14.7. The summed E-state index contributed by atoms with van der Waals surface area (Å²) in [6.07, 6.45) is 4.01. The van der Waals surface area contributed by atoms with E-state index in [9.17, 15) is 9.18 Å². The third-order valence-corrected chi connectivity index (χ3v) is 3.45. The highest BCUT2D eigenvalue weighted by Gasteiger charge is 2.33. The van der Waals surface area contributed by atoms with Gasteiger partial charge in [0.25, 0.3) is 0 Å². The zero-order chi connectivity index (χ0) is 12.3. The summed E-state index contributed by atoms with van der Waals surface area (Å²) in [5.41, 5.74) is 0.0841. The Morgan fingerprint density at radius 2 is 2.00 bits per heavy atom. The third-order valence-electron chi connectivity index (χ3n) is 3.45. The molecule has 1 saturated carbocycles. The van der Waals surface area contributed by atoms with Gasteiger partial charge in [-0.05, 0) is 36.8 Å². The molecule has 1 N–H and O–H groups in total. The lowest BCUT2D eigenvalue weighted by Crippen LogP contribution is -2.23. The number of rotatable bonds is 3. The second-order valence-electron chi connectivity index (χ2n) is 4.80. The molecule has 0 radical (unpaired) electrons. The summed E-state index contributed by atoms with van der Waals surface area (Å²) < 4.78 is 14.7. The number of carboxylic acid groups (broad SMARTS) is 1. The van der Waals surface area contributed by atoms with Gasteiger partial charge in [0, 0.05) is 0 Å². The molecule has 1 aromatic carbocycles. The lowest BCUT2D eigenvalue weighted by atomic mass is 9.81. The van der Waals surface area contributed by atoms with Gasteiger partial charge in [-0.15, -0.1) is 0 Å². The average molecular weight is 236 g/mol. The van der Waals surface area contributed by atoms with Gasteiger partial charge < -0.3 is 5.11 Å². The molecule has 0 atom stereocenters. The van der Waals surface area contributed by atoms with E-state index in [0.29, 0.717) is 24.0 Å². The second-order valence-corrected chi connectivity index (χ2v) is 4.80. The molecule has 0 unspecified atom stereocenters. The molecule has 0 aliphatic heterocycles. The monoisotopic (exact) mass is 236 g/mol. The van der Waals surface area contributed by atoms with Gasteiger partial charge in [-0.3, -0.25) is 4.79 Å². The van der Waals surface area contributed by atoms with Gasteiger partial charge in [-0.25, -0.2) is 4.39 Å². The van der Waals surface area contributed by atoms with Crippen molar-refractivity contribution >= 4 is 5.97 Å². The Labute approximate surface area is 100 Å². The number of hydrogen-bond acceptors (Lipinski definition) is 1. The van der Waals surface area contributed by atoms with E-state index in [1.165, 1.54) is 0 Å². The third kappa shape index (κ3) is 2.84. The lowest BCUT2D eigenvalue weighted by Gasteiger charge is -2.30. The number of hydrogen-bond donors (Lipinski definition) is 1. The highest BCUT2D eigenvalue weighted by molar-refractivity contribution is 5.70. The van der Waals surface area contributed by atoms with Gasteiger partial charge in [-0.1, -0.05) is 30.7 Å². The van der Waals surface area contributed by atoms with Crippen LogP contribution in [-0.2, 0) is 16.9 Å². The summed E-state index contributed by atoms with van der Waals surface area (Å²) in [4.78, 5) is 10.6. The van der Waals surface area contributed by atoms with Crippen LogP contribution in [0.15, 0.2) is 24.3 Å². The molecule has 0 spiro atoms. The van der Waals surface area contributed by atoms with Crippen molar-refractivity contribution in [2.45, 2.75) is 44.2 Å². The molecule has 0 aromatic heterocycles. The van der Waals surface area contributed by atoms with Gasteiger partial charge in [0.05, 0.1) is 6.42 Å². The Bertz CT molecular complexity index is 408. The zero-order valence-electron chi connectivity index (χ0n) is 9.79. The molecule has 0 bridgehead atoms. The fraction of sp³-hybridized carbons (Fsp3) is 0.500. The fourth-order valence-corrected chi connectivity index (χ4v) is 2.54. The van der Waals surface area contributed by atoms with E-state index in [1.807, 2.05) is 0 Å². The Morgan fingerprint density at radius 3 is 2.65 bits per heavy atom. The molecule has 17 heavy (non-hydrogen) atoms. The Balaban J connectivity index is 2.22. The molecule has 1 aliphatic carbocycles. The van der Waals surface area contributed by atoms with Crippen LogP contribution < -0.4 is 0 Å². The first kappa shape index (κ1) is 12.1. The highest BCUT2D eigenvalue weighted by Crippen LogP contribution is 2.40. The first-order valence-electron chi connectivity index (χ1n) is 6.10. The van der Waals surface area contributed by atoms with Crippen molar-refractivity contribution < 1.29 is 14.3 Å². The maximum Gasteiger partial charge on any atom is 0.307 e. The van der Waals surface area contributed by atoms with E-state index < -0.39 is 11.6 Å². The topological polar surface area (TPSA) is 37.3 Å². The SMILES string of the molecule is O=C(O)Cc1cccc(C2(F)CCCCC2)c1. The number of aliphatic carboxylic acids is 1. The molecule has 1 aliphatic rings. The summed E-state index contributed by atoms with van der Waals surface area (Å²) in [6, 6.07) is 6.98. The number of carbonyl (C=O) groups is 1. The van der Waals surface area contributed by atoms with Crippen LogP contribution in [0, 0.1) is 0 Å². The molecular weight excluding hydrogens is 219 g/mol. The first-order valence-corrected chi connectivity index (χ1v) is 6.10. The smallest absolute Gasteiger partial charge is 0.307 e. The number of benzene rings is 1. The summed E-state index contributed by atoms with van der Waals surface area (Å²) >= 11 is 0. The lowest BCUT2D eigenvalue weighted by molar-refractivity contribution is -0.136. The Kier molecular flexibility index (Phi) is 3.46. The molecule has 0 amide bonds. The summed E-state index contributed by atoms with van der Waals surface area (Å²) in [5.74, 6) is -0.876. The van der Waals surface area contributed by atoms with Gasteiger partial charge in [0.1, 0.15) is 5.67 Å². The van der Waals surface area contributed by atoms with Crippen molar-refractivity contribution in [3.8, 4) is 0 Å². The molecule has 92 valence electrons. The van der Waals surface area contributed by atoms with Crippen LogP contribution in [0.1, 0.15) is 43.2 Å². The average Bonchev–Trinajstić information content (AvgIpc) is 2.29. The molecule has 0 heterocycles. The van der Waals surface area contributed by atoms with E-state index in [4.69, 9.17) is 5.11 Å². The molecule has 0 saturated heterocycles. The van der Waals surface area contributed by atoms with E-state index >= 15 is 0 Å². The normalized spacial score (nSPS) is 18.9. The van der Waals surface area contributed by atoms with Crippen molar-refractivity contribution in [3.63, 3.8) is 0 Å². The summed E-state index contributed by atoms with van der Waals surface area (Å²) in [6.45, 7) is 0. The minimum Gasteiger partial charge on any atom is -0.481 e. The minimum atomic E-state index is -1.24. The maximum atomic E-state index is 14.7. The highest BCUT2D eigenvalue weighted by atomic mass is 19.1. The Hall–Kier alpha value is -1.38. The van der Waals surface area contributed by atoms with Crippen LogP contribution in [-0.4, -0.2) is 11.1 Å². The summed E-state index contributed by atoms with van der Waals surface area (Å²) in [5, 5.41) is 8.74. The molecule has 2 nitrogen and oxygen atoms in total. The molecule has 3 heteroatoms. The number of halogens is 1. The second kappa shape index (κ2) is 4.86. The van der Waals surface area contributed by atoms with Crippen molar-refractivity contribution in [2.24, 2.45) is 0 Å². The van der Waals surface area contributed by atoms with E-state index in [1.54, 1.807) is 24.3 Å². The first-order chi connectivity index (χ1) is 8.10. The van der Waals surface area contributed by atoms with E-state index in [0.717, 1.165) is 19.3 Å². The Morgan fingerprint density at radius 1 is 1.29 bits per heavy atom. The predicted octanol–water partition coefficient (Wildman–Crippen LogP) is 3.44. The van der Waals surface area contributed by atoms with Gasteiger partial charge in [0.2, 0.25) is 0 Å². The van der Waals surface area contributed by atoms with Crippen molar-refractivity contribution in [2.75, 3.05) is 0 Å². The largest absolute Gasteiger partial charge is 0.481 e. The number of alkyl halides is 1. The van der Waals surface area contributed by atoms with Crippen molar-refractivity contribution in [1.29, 1.82) is 0 Å². The van der Waals surface area contributed by atoms with Crippen LogP contribution in [0.2, 0.25) is 0 Å². The zero-order valence-corrected chi connectivity index (χ0v) is 9.79. The van der Waals surface area contributed by atoms with Crippen LogP contribution in [0.25, 0.3) is 0 Å². The van der Waals surface area contributed by atoms with E-state index in [-0.39, 0.29) is 6.42 Å². The van der Waals surface area contributed by atoms with Crippen LogP contribution in [0.5, 0.6) is 0 Å². The quantitative estimate of drug-likeness (QED) is 0.872. The van der Waals surface area contributed by atoms with Gasteiger partial charge in [0.15, 0.2) is 0 Å². The molecule has 1 aromatic rings. The number of carboxylic acids is 1. The van der Waals surface area contributed by atoms with Crippen molar-refractivity contribution in [3.05, 3.63) is 35.4 Å². The van der Waals surface area contributed by atoms with Gasteiger partial charge >= 0.3 is 5.97 Å². The van der Waals surface area contributed by atoms with E-state index in [2.05, 4.69) is 0 Å². The minimum absolute atomic E-state index is 0.0378. The van der Waals surface area contributed by atoms with Crippen LogP contribution >= 0.6 is 0 Å². The predicted molar refractivity (Wildman–Crippen MR) is 63.7 cm³/mol. The molecule has 2 rings (SSSR count). The fourth-order valence-electron chi connectivity index (χ4n) is 2.54. The van der Waals surface area contributed by atoms with Crippen LogP contribution in [0.4, 0.5) is 4.39 Å². The standard InChI is InChI=1S/C14H17FO2/c15-14(7-2-1-3-8-14)12-6-4-5-11(9-12)10-13(16)17/h4-6,9H,1-3,7-8,10H2,(H,16,17). The molecular formula is C14H17FO2. The molecule has 1 fully saturated rings. The van der Waals surface area contributed by atoms with Crippen LogP contribution in [0.3, 0.4) is 0 Å². The van der Waals surface area contributed by atoms with Crippen molar-refractivity contribution in [1.82, 2.24) is 0 Å².